The third-order valence-electron chi connectivity index (χ3n) is 5.37. The van der Waals surface area contributed by atoms with Crippen LogP contribution in [0.5, 0.6) is 0 Å². The molecule has 144 valence electrons. The SMILES string of the molecule is CCC(C)(CC)OC(=O)OCC(C)C(C)(C)OCC(C)C(C)(C)O. The van der Waals surface area contributed by atoms with Crippen molar-refractivity contribution in [3.05, 3.63) is 0 Å². The Morgan fingerprint density at radius 2 is 1.46 bits per heavy atom. The van der Waals surface area contributed by atoms with Crippen LogP contribution in [-0.2, 0) is 14.2 Å². The summed E-state index contributed by atoms with van der Waals surface area (Å²) in [6.07, 6.45) is 0.864. The molecular weight excluding hydrogens is 308 g/mol. The molecule has 0 aliphatic carbocycles. The Kier molecular flexibility index (Phi) is 8.74. The zero-order valence-corrected chi connectivity index (χ0v) is 17.1. The van der Waals surface area contributed by atoms with Crippen LogP contribution in [0.15, 0.2) is 0 Å². The minimum absolute atomic E-state index is 0.00433. The van der Waals surface area contributed by atoms with Crippen LogP contribution in [0.25, 0.3) is 0 Å². The molecule has 0 aromatic carbocycles. The van der Waals surface area contributed by atoms with E-state index in [1.54, 1.807) is 13.8 Å². The summed E-state index contributed by atoms with van der Waals surface area (Å²) in [5.41, 5.74) is -1.74. The number of rotatable bonds is 10. The van der Waals surface area contributed by atoms with Crippen LogP contribution in [0, 0.1) is 11.8 Å². The molecule has 0 heterocycles. The van der Waals surface area contributed by atoms with E-state index in [2.05, 4.69) is 0 Å². The average molecular weight is 347 g/mol. The molecule has 0 fully saturated rings. The molecular formula is C19H38O5. The minimum atomic E-state index is -0.787. The molecule has 0 bridgehead atoms. The van der Waals surface area contributed by atoms with E-state index in [-0.39, 0.29) is 18.4 Å². The van der Waals surface area contributed by atoms with E-state index < -0.39 is 23.0 Å². The minimum Gasteiger partial charge on any atom is -0.434 e. The normalized spacial score (nSPS) is 15.8. The Labute approximate surface area is 148 Å². The van der Waals surface area contributed by atoms with E-state index in [1.807, 2.05) is 48.5 Å². The molecule has 2 unspecified atom stereocenters. The quantitative estimate of drug-likeness (QED) is 0.588. The van der Waals surface area contributed by atoms with Crippen molar-refractivity contribution in [3.8, 4) is 0 Å². The first-order chi connectivity index (χ1) is 10.8. The topological polar surface area (TPSA) is 65.0 Å². The van der Waals surface area contributed by atoms with E-state index >= 15 is 0 Å². The number of aliphatic hydroxyl groups is 1. The summed E-state index contributed by atoms with van der Waals surface area (Å²) in [6, 6.07) is 0. The van der Waals surface area contributed by atoms with Crippen LogP contribution in [0.1, 0.15) is 75.2 Å². The Morgan fingerprint density at radius 1 is 0.958 bits per heavy atom. The first-order valence-corrected chi connectivity index (χ1v) is 8.99. The van der Waals surface area contributed by atoms with Gasteiger partial charge in [-0.05, 0) is 47.5 Å². The maximum Gasteiger partial charge on any atom is 0.508 e. The predicted molar refractivity (Wildman–Crippen MR) is 96.1 cm³/mol. The van der Waals surface area contributed by atoms with Gasteiger partial charge in [-0.3, -0.25) is 0 Å². The van der Waals surface area contributed by atoms with Crippen molar-refractivity contribution in [2.75, 3.05) is 13.2 Å². The van der Waals surface area contributed by atoms with Gasteiger partial charge in [0, 0.05) is 11.8 Å². The highest BCUT2D eigenvalue weighted by Gasteiger charge is 2.32. The summed E-state index contributed by atoms with van der Waals surface area (Å²) < 4.78 is 16.6. The van der Waals surface area contributed by atoms with Crippen LogP contribution < -0.4 is 0 Å². The van der Waals surface area contributed by atoms with E-state index in [4.69, 9.17) is 14.2 Å². The number of carbonyl (C=O) groups is 1. The molecule has 0 amide bonds. The molecule has 24 heavy (non-hydrogen) atoms. The summed E-state index contributed by atoms with van der Waals surface area (Å²) >= 11 is 0. The van der Waals surface area contributed by atoms with Crippen molar-refractivity contribution < 1.29 is 24.1 Å². The standard InChI is InChI=1S/C19H38O5/c1-10-19(9,11-2)24-16(20)22-12-15(4)18(7,8)23-13-14(3)17(5,6)21/h14-15,21H,10-13H2,1-9H3. The van der Waals surface area contributed by atoms with Crippen molar-refractivity contribution in [2.24, 2.45) is 11.8 Å². The maximum absolute atomic E-state index is 11.9. The van der Waals surface area contributed by atoms with Gasteiger partial charge in [0.05, 0.1) is 17.8 Å². The highest BCUT2D eigenvalue weighted by molar-refractivity contribution is 5.60. The van der Waals surface area contributed by atoms with Gasteiger partial charge in [0.15, 0.2) is 0 Å². The van der Waals surface area contributed by atoms with Gasteiger partial charge < -0.3 is 19.3 Å². The van der Waals surface area contributed by atoms with Crippen LogP contribution >= 0.6 is 0 Å². The zero-order chi connectivity index (χ0) is 19.2. The third-order valence-corrected chi connectivity index (χ3v) is 5.37. The van der Waals surface area contributed by atoms with Crippen LogP contribution in [-0.4, -0.2) is 41.3 Å². The molecule has 0 aliphatic rings. The van der Waals surface area contributed by atoms with Gasteiger partial charge in [0.2, 0.25) is 0 Å². The van der Waals surface area contributed by atoms with Crippen molar-refractivity contribution in [1.29, 1.82) is 0 Å². The lowest BCUT2D eigenvalue weighted by atomic mass is 9.91. The molecule has 0 radical (unpaired) electrons. The first kappa shape index (κ1) is 23.2. The van der Waals surface area contributed by atoms with Crippen molar-refractivity contribution in [3.63, 3.8) is 0 Å². The number of ether oxygens (including phenoxy) is 3. The Bertz CT molecular complexity index is 380. The lowest BCUT2D eigenvalue weighted by Gasteiger charge is -2.35. The second-order valence-electron chi connectivity index (χ2n) is 8.19. The highest BCUT2D eigenvalue weighted by Crippen LogP contribution is 2.26. The van der Waals surface area contributed by atoms with Gasteiger partial charge in [-0.15, -0.1) is 0 Å². The Morgan fingerprint density at radius 3 is 1.88 bits per heavy atom. The van der Waals surface area contributed by atoms with Gasteiger partial charge >= 0.3 is 6.16 Å². The predicted octanol–water partition coefficient (Wildman–Crippen LogP) is 4.56. The monoisotopic (exact) mass is 346 g/mol. The summed E-state index contributed by atoms with van der Waals surface area (Å²) in [4.78, 5) is 11.9. The fourth-order valence-corrected chi connectivity index (χ4v) is 1.70. The average Bonchev–Trinajstić information content (AvgIpc) is 2.48. The van der Waals surface area contributed by atoms with Crippen molar-refractivity contribution in [1.82, 2.24) is 0 Å². The molecule has 0 aromatic rings. The molecule has 5 heteroatoms. The molecule has 1 N–H and O–H groups in total. The van der Waals surface area contributed by atoms with Gasteiger partial charge in [0.1, 0.15) is 12.2 Å². The second-order valence-corrected chi connectivity index (χ2v) is 8.19. The van der Waals surface area contributed by atoms with Crippen LogP contribution in [0.4, 0.5) is 4.79 Å². The van der Waals surface area contributed by atoms with Crippen molar-refractivity contribution in [2.45, 2.75) is 92.0 Å². The Balaban J connectivity index is 4.43. The summed E-state index contributed by atoms with van der Waals surface area (Å²) in [5.74, 6) is -0.00163. The van der Waals surface area contributed by atoms with E-state index in [1.165, 1.54) is 0 Å². The molecule has 0 aromatic heterocycles. The van der Waals surface area contributed by atoms with Crippen LogP contribution in [0.2, 0.25) is 0 Å². The second kappa shape index (κ2) is 9.04. The molecule has 0 saturated heterocycles. The largest absolute Gasteiger partial charge is 0.508 e. The van der Waals surface area contributed by atoms with E-state index in [0.717, 1.165) is 12.8 Å². The maximum atomic E-state index is 11.9. The number of hydrogen-bond donors (Lipinski definition) is 1. The van der Waals surface area contributed by atoms with E-state index in [0.29, 0.717) is 6.61 Å². The molecule has 0 rings (SSSR count). The van der Waals surface area contributed by atoms with Gasteiger partial charge in [-0.25, -0.2) is 4.79 Å². The number of carbonyl (C=O) groups excluding carboxylic acids is 1. The molecule has 0 saturated carbocycles. The zero-order valence-electron chi connectivity index (χ0n) is 17.1. The summed E-state index contributed by atoms with van der Waals surface area (Å²) in [7, 11) is 0. The summed E-state index contributed by atoms with van der Waals surface area (Å²) in [5, 5.41) is 9.99. The summed E-state index contributed by atoms with van der Waals surface area (Å²) in [6.45, 7) is 17.9. The van der Waals surface area contributed by atoms with Gasteiger partial charge in [0.25, 0.3) is 0 Å². The smallest absolute Gasteiger partial charge is 0.434 e. The number of hydrogen-bond acceptors (Lipinski definition) is 5. The highest BCUT2D eigenvalue weighted by atomic mass is 16.7. The van der Waals surface area contributed by atoms with Gasteiger partial charge in [-0.1, -0.05) is 27.7 Å². The molecule has 0 aliphatic heterocycles. The molecule has 2 atom stereocenters. The fraction of sp³-hybridized carbons (Fsp3) is 0.947. The molecule has 5 nitrogen and oxygen atoms in total. The first-order valence-electron chi connectivity index (χ1n) is 8.99. The van der Waals surface area contributed by atoms with E-state index in [9.17, 15) is 9.90 Å². The van der Waals surface area contributed by atoms with Crippen molar-refractivity contribution >= 4 is 6.16 Å². The van der Waals surface area contributed by atoms with Crippen LogP contribution in [0.3, 0.4) is 0 Å². The Hall–Kier alpha value is -0.810. The lowest BCUT2D eigenvalue weighted by molar-refractivity contribution is -0.111. The lowest BCUT2D eigenvalue weighted by Crippen LogP contribution is -2.41. The third kappa shape index (κ3) is 7.84. The fourth-order valence-electron chi connectivity index (χ4n) is 1.70. The van der Waals surface area contributed by atoms with Gasteiger partial charge in [-0.2, -0.15) is 0 Å². The molecule has 0 spiro atoms.